The molecule has 2 unspecified atom stereocenters. The third-order valence-electron chi connectivity index (χ3n) is 18.1. The fraction of sp³-hybridized carbons (Fsp3) is 0.875. The summed E-state index contributed by atoms with van der Waals surface area (Å²) in [6.07, 6.45) is 99.5. The van der Waals surface area contributed by atoms with E-state index in [1.54, 1.807) is 6.08 Å². The summed E-state index contributed by atoms with van der Waals surface area (Å²) in [5.41, 5.74) is 0. The van der Waals surface area contributed by atoms with Crippen molar-refractivity contribution in [1.29, 1.82) is 0 Å². The van der Waals surface area contributed by atoms with E-state index in [9.17, 15) is 19.8 Å². The molecule has 0 aliphatic heterocycles. The molecule has 0 fully saturated rings. The molecule has 0 rings (SSSR count). The van der Waals surface area contributed by atoms with Gasteiger partial charge in [-0.15, -0.1) is 0 Å². The lowest BCUT2D eigenvalue weighted by Gasteiger charge is -2.20. The molecule has 506 valence electrons. The van der Waals surface area contributed by atoms with Crippen LogP contribution in [0.1, 0.15) is 425 Å². The van der Waals surface area contributed by atoms with E-state index in [1.165, 1.54) is 347 Å². The van der Waals surface area contributed by atoms with Crippen molar-refractivity contribution >= 4 is 11.9 Å². The predicted molar refractivity (Wildman–Crippen MR) is 379 cm³/mol. The van der Waals surface area contributed by atoms with Crippen molar-refractivity contribution in [1.82, 2.24) is 5.32 Å². The highest BCUT2D eigenvalue weighted by atomic mass is 16.5. The number of aliphatic hydroxyl groups is 2. The lowest BCUT2D eigenvalue weighted by atomic mass is 10.0. The second-order valence-corrected chi connectivity index (χ2v) is 26.7. The molecule has 1 amide bonds. The summed E-state index contributed by atoms with van der Waals surface area (Å²) in [5, 5.41) is 23.2. The summed E-state index contributed by atoms with van der Waals surface area (Å²) < 4.78 is 5.49. The van der Waals surface area contributed by atoms with Crippen molar-refractivity contribution in [3.05, 3.63) is 48.6 Å². The van der Waals surface area contributed by atoms with Gasteiger partial charge in [0.2, 0.25) is 5.91 Å². The molecule has 0 aromatic heterocycles. The Kier molecular flexibility index (Phi) is 73.4. The van der Waals surface area contributed by atoms with Gasteiger partial charge in [-0.3, -0.25) is 9.59 Å². The largest absolute Gasteiger partial charge is 0.466 e. The molecular formula is C80H151NO5. The lowest BCUT2D eigenvalue weighted by molar-refractivity contribution is -0.143. The molecule has 6 heteroatoms. The van der Waals surface area contributed by atoms with Crippen LogP contribution < -0.4 is 5.32 Å². The van der Waals surface area contributed by atoms with Crippen LogP contribution in [-0.2, 0) is 14.3 Å². The van der Waals surface area contributed by atoms with Gasteiger partial charge in [-0.1, -0.05) is 371 Å². The summed E-state index contributed by atoms with van der Waals surface area (Å²) in [4.78, 5) is 24.6. The zero-order valence-corrected chi connectivity index (χ0v) is 58.1. The molecular weight excluding hydrogens is 1050 g/mol. The van der Waals surface area contributed by atoms with Crippen LogP contribution in [0.2, 0.25) is 0 Å². The van der Waals surface area contributed by atoms with Crippen LogP contribution in [0.3, 0.4) is 0 Å². The average Bonchev–Trinajstić information content (AvgIpc) is 3.59. The zero-order valence-electron chi connectivity index (χ0n) is 58.1. The highest BCUT2D eigenvalue weighted by Crippen LogP contribution is 2.19. The van der Waals surface area contributed by atoms with Gasteiger partial charge < -0.3 is 20.3 Å². The van der Waals surface area contributed by atoms with Crippen molar-refractivity contribution in [2.75, 3.05) is 13.2 Å². The SMILES string of the molecule is CCCCC/C=C\C/C=C\CCCCCCCC(=O)OCCCCCCCCCCCCCCCCCC/C=C\CCCCCCCCCCCCCCCCCCCC(=O)NC(CO)C(O)/C=C/CCCCCCCCCCCCCCCCC. The maximum absolute atomic E-state index is 12.5. The molecule has 0 saturated heterocycles. The van der Waals surface area contributed by atoms with Crippen LogP contribution in [0.15, 0.2) is 48.6 Å². The molecule has 86 heavy (non-hydrogen) atoms. The van der Waals surface area contributed by atoms with E-state index in [-0.39, 0.29) is 18.5 Å². The Labute approximate surface area is 537 Å². The number of carbonyl (C=O) groups is 2. The van der Waals surface area contributed by atoms with Crippen molar-refractivity contribution in [2.24, 2.45) is 0 Å². The average molecular weight is 1210 g/mol. The summed E-state index contributed by atoms with van der Waals surface area (Å²) in [6, 6.07) is -0.625. The van der Waals surface area contributed by atoms with Gasteiger partial charge in [0.05, 0.1) is 25.4 Å². The molecule has 0 aliphatic rings. The minimum Gasteiger partial charge on any atom is -0.466 e. The summed E-state index contributed by atoms with van der Waals surface area (Å²) in [6.45, 7) is 4.91. The Morgan fingerprint density at radius 2 is 0.581 bits per heavy atom. The number of esters is 1. The van der Waals surface area contributed by atoms with Gasteiger partial charge in [-0.2, -0.15) is 0 Å². The molecule has 0 aromatic carbocycles. The Morgan fingerprint density at radius 3 is 0.919 bits per heavy atom. The van der Waals surface area contributed by atoms with E-state index in [2.05, 4.69) is 55.6 Å². The number of amides is 1. The zero-order chi connectivity index (χ0) is 62.0. The Hall–Kier alpha value is -2.18. The number of rotatable bonds is 73. The number of hydrogen-bond donors (Lipinski definition) is 3. The number of nitrogens with one attached hydrogen (secondary N) is 1. The molecule has 0 bridgehead atoms. The number of aliphatic hydroxyl groups excluding tert-OH is 2. The topological polar surface area (TPSA) is 95.9 Å². The van der Waals surface area contributed by atoms with E-state index in [0.29, 0.717) is 19.4 Å². The molecule has 6 nitrogen and oxygen atoms in total. The van der Waals surface area contributed by atoms with E-state index in [0.717, 1.165) is 51.4 Å². The standard InChI is InChI=1S/C80H151NO5/c1-3-5-7-9-11-13-15-17-19-41-45-48-52-56-60-64-68-72-78(83)77(76-82)81-79(84)73-69-65-61-57-53-49-46-42-39-37-35-33-31-29-27-25-23-21-20-22-24-26-28-30-32-34-36-38-40-43-47-51-55-59-63-67-71-75-86-80(85)74-70-66-62-58-54-50-44-18-16-14-12-10-8-6-4-2/h12,14,18,20,22,44,68,72,77-78,82-83H,3-11,13,15-17,19,21,23-43,45-67,69-71,73-76H2,1-2H3,(H,81,84)/b14-12-,22-20-,44-18-,72-68+. The quantitative estimate of drug-likeness (QED) is 0.0320. The maximum atomic E-state index is 12.5. The van der Waals surface area contributed by atoms with Gasteiger partial charge in [0.15, 0.2) is 0 Å². The predicted octanol–water partition coefficient (Wildman–Crippen LogP) is 25.6. The third-order valence-corrected chi connectivity index (χ3v) is 18.1. The fourth-order valence-corrected chi connectivity index (χ4v) is 12.1. The molecule has 0 radical (unpaired) electrons. The van der Waals surface area contributed by atoms with Crippen molar-refractivity contribution in [3.63, 3.8) is 0 Å². The highest BCUT2D eigenvalue weighted by Gasteiger charge is 2.18. The third kappa shape index (κ3) is 70.9. The van der Waals surface area contributed by atoms with Crippen LogP contribution in [0, 0.1) is 0 Å². The van der Waals surface area contributed by atoms with Gasteiger partial charge >= 0.3 is 5.97 Å². The van der Waals surface area contributed by atoms with E-state index >= 15 is 0 Å². The molecule has 2 atom stereocenters. The van der Waals surface area contributed by atoms with Gasteiger partial charge in [0.25, 0.3) is 0 Å². The number of unbranched alkanes of at least 4 members (excludes halogenated alkanes) is 56. The van der Waals surface area contributed by atoms with Crippen LogP contribution >= 0.6 is 0 Å². The van der Waals surface area contributed by atoms with Gasteiger partial charge in [-0.25, -0.2) is 0 Å². The lowest BCUT2D eigenvalue weighted by Crippen LogP contribution is -2.45. The summed E-state index contributed by atoms with van der Waals surface area (Å²) in [5.74, 6) is -0.0535. The number of ether oxygens (including phenoxy) is 1. The van der Waals surface area contributed by atoms with E-state index in [1.807, 2.05) is 6.08 Å². The normalized spacial score (nSPS) is 12.7. The molecule has 0 spiro atoms. The number of carbonyl (C=O) groups excluding carboxylic acids is 2. The second-order valence-electron chi connectivity index (χ2n) is 26.7. The van der Waals surface area contributed by atoms with Gasteiger partial charge in [0.1, 0.15) is 0 Å². The Bertz CT molecular complexity index is 1440. The maximum Gasteiger partial charge on any atom is 0.305 e. The molecule has 0 heterocycles. The molecule has 3 N–H and O–H groups in total. The summed E-state index contributed by atoms with van der Waals surface area (Å²) in [7, 11) is 0. The first-order valence-corrected chi connectivity index (χ1v) is 38.9. The van der Waals surface area contributed by atoms with Crippen molar-refractivity contribution in [3.8, 4) is 0 Å². The van der Waals surface area contributed by atoms with Gasteiger partial charge in [-0.05, 0) is 89.9 Å². The fourth-order valence-electron chi connectivity index (χ4n) is 12.1. The van der Waals surface area contributed by atoms with Crippen molar-refractivity contribution in [2.45, 2.75) is 437 Å². The first-order valence-electron chi connectivity index (χ1n) is 38.9. The van der Waals surface area contributed by atoms with Crippen LogP contribution in [0.25, 0.3) is 0 Å². The van der Waals surface area contributed by atoms with Crippen LogP contribution in [-0.4, -0.2) is 47.4 Å². The monoisotopic (exact) mass is 1210 g/mol. The summed E-state index contributed by atoms with van der Waals surface area (Å²) >= 11 is 0. The number of hydrogen-bond acceptors (Lipinski definition) is 5. The van der Waals surface area contributed by atoms with E-state index in [4.69, 9.17) is 4.74 Å². The van der Waals surface area contributed by atoms with Crippen LogP contribution in [0.4, 0.5) is 0 Å². The highest BCUT2D eigenvalue weighted by molar-refractivity contribution is 5.76. The molecule has 0 aliphatic carbocycles. The Balaban J connectivity index is 3.35. The first-order chi connectivity index (χ1) is 42.5. The van der Waals surface area contributed by atoms with Gasteiger partial charge in [0, 0.05) is 12.8 Å². The van der Waals surface area contributed by atoms with Crippen molar-refractivity contribution < 1.29 is 24.5 Å². The van der Waals surface area contributed by atoms with E-state index < -0.39 is 12.1 Å². The second kappa shape index (κ2) is 75.3. The molecule has 0 saturated carbocycles. The first kappa shape index (κ1) is 83.8. The Morgan fingerprint density at radius 1 is 0.326 bits per heavy atom. The molecule has 0 aromatic rings. The van der Waals surface area contributed by atoms with Crippen LogP contribution in [0.5, 0.6) is 0 Å². The minimum absolute atomic E-state index is 0.00746. The minimum atomic E-state index is -0.842. The number of allylic oxidation sites excluding steroid dienone is 7. The smallest absolute Gasteiger partial charge is 0.305 e.